The largest absolute Gasteiger partial charge is 0.399 e. The second-order valence-electron chi connectivity index (χ2n) is 4.53. The van der Waals surface area contributed by atoms with Crippen molar-refractivity contribution in [2.75, 3.05) is 11.1 Å². The molecule has 0 aromatic heterocycles. The Morgan fingerprint density at radius 1 is 1.14 bits per heavy atom. The third kappa shape index (κ3) is 3.79. The van der Waals surface area contributed by atoms with Crippen molar-refractivity contribution in [2.45, 2.75) is 6.42 Å². The Morgan fingerprint density at radius 2 is 1.90 bits per heavy atom. The molecule has 0 spiro atoms. The zero-order valence-electron chi connectivity index (χ0n) is 11.1. The predicted octanol–water partition coefficient (Wildman–Crippen LogP) is 1.69. The molecule has 0 saturated carbocycles. The molecule has 0 fully saturated rings. The van der Waals surface area contributed by atoms with Crippen LogP contribution in [0.3, 0.4) is 0 Å². The van der Waals surface area contributed by atoms with Crippen LogP contribution in [0.25, 0.3) is 0 Å². The molecule has 0 bridgehead atoms. The lowest BCUT2D eigenvalue weighted by atomic mass is 10.1. The van der Waals surface area contributed by atoms with Crippen LogP contribution in [0.1, 0.15) is 15.9 Å². The number of nitrogens with two attached hydrogens (primary N) is 2. The molecule has 2 aromatic rings. The van der Waals surface area contributed by atoms with Crippen LogP contribution in [0, 0.1) is 5.82 Å². The van der Waals surface area contributed by atoms with Gasteiger partial charge in [-0.15, -0.1) is 0 Å². The van der Waals surface area contributed by atoms with Gasteiger partial charge in [0.15, 0.2) is 0 Å². The summed E-state index contributed by atoms with van der Waals surface area (Å²) in [5.74, 6) is -1.75. The van der Waals surface area contributed by atoms with E-state index in [0.717, 1.165) is 6.07 Å². The molecule has 0 heterocycles. The summed E-state index contributed by atoms with van der Waals surface area (Å²) in [5, 5.41) is 2.41. The quantitative estimate of drug-likeness (QED) is 0.746. The first-order valence-corrected chi connectivity index (χ1v) is 6.19. The summed E-state index contributed by atoms with van der Waals surface area (Å²) in [6, 6.07) is 10.4. The Kier molecular flexibility index (Phi) is 4.18. The van der Waals surface area contributed by atoms with Crippen molar-refractivity contribution in [2.24, 2.45) is 5.73 Å². The number of amides is 2. The topological polar surface area (TPSA) is 98.2 Å². The molecule has 6 heteroatoms. The molecule has 0 radical (unpaired) electrons. The summed E-state index contributed by atoms with van der Waals surface area (Å²) in [6.45, 7) is 0. The van der Waals surface area contributed by atoms with Crippen LogP contribution in [0.5, 0.6) is 0 Å². The Bertz CT molecular complexity index is 701. The van der Waals surface area contributed by atoms with E-state index < -0.39 is 17.6 Å². The maximum atomic E-state index is 13.6. The van der Waals surface area contributed by atoms with Crippen LogP contribution in [-0.4, -0.2) is 11.8 Å². The van der Waals surface area contributed by atoms with Crippen LogP contribution in [0.4, 0.5) is 15.8 Å². The van der Waals surface area contributed by atoms with Gasteiger partial charge in [-0.3, -0.25) is 9.59 Å². The Labute approximate surface area is 120 Å². The van der Waals surface area contributed by atoms with E-state index in [9.17, 15) is 14.0 Å². The lowest BCUT2D eigenvalue weighted by molar-refractivity contribution is -0.115. The first kappa shape index (κ1) is 14.5. The predicted molar refractivity (Wildman–Crippen MR) is 78.1 cm³/mol. The number of nitrogen functional groups attached to an aromatic ring is 1. The van der Waals surface area contributed by atoms with E-state index in [1.807, 2.05) is 0 Å². The number of hydrogen-bond acceptors (Lipinski definition) is 3. The van der Waals surface area contributed by atoms with E-state index in [1.165, 1.54) is 12.1 Å². The second kappa shape index (κ2) is 6.04. The van der Waals surface area contributed by atoms with Gasteiger partial charge in [0, 0.05) is 11.3 Å². The van der Waals surface area contributed by atoms with Gasteiger partial charge in [-0.25, -0.2) is 4.39 Å². The van der Waals surface area contributed by atoms with Crippen molar-refractivity contribution in [3.05, 3.63) is 59.4 Å². The van der Waals surface area contributed by atoms with Gasteiger partial charge in [0.25, 0.3) is 0 Å². The zero-order chi connectivity index (χ0) is 15.4. The summed E-state index contributed by atoms with van der Waals surface area (Å²) in [7, 11) is 0. The Balaban J connectivity index is 2.12. The van der Waals surface area contributed by atoms with Crippen molar-refractivity contribution >= 4 is 23.2 Å². The number of nitrogens with one attached hydrogen (secondary N) is 1. The van der Waals surface area contributed by atoms with E-state index in [1.54, 1.807) is 24.3 Å². The van der Waals surface area contributed by atoms with Crippen molar-refractivity contribution in [3.8, 4) is 0 Å². The number of primary amides is 1. The first-order chi connectivity index (χ1) is 9.95. The van der Waals surface area contributed by atoms with Gasteiger partial charge in [-0.05, 0) is 35.9 Å². The molecule has 108 valence electrons. The molecule has 21 heavy (non-hydrogen) atoms. The molecular formula is C15H14FN3O2. The molecule has 2 amide bonds. The summed E-state index contributed by atoms with van der Waals surface area (Å²) in [6.07, 6.45) is 0.0469. The SMILES string of the molecule is NC(=O)c1ccc(F)c(NC(=O)Cc2cccc(N)c2)c1. The summed E-state index contributed by atoms with van der Waals surface area (Å²) in [5.41, 5.74) is 12.0. The number of anilines is 2. The number of benzene rings is 2. The lowest BCUT2D eigenvalue weighted by Gasteiger charge is -2.08. The van der Waals surface area contributed by atoms with Crippen LogP contribution < -0.4 is 16.8 Å². The maximum absolute atomic E-state index is 13.6. The van der Waals surface area contributed by atoms with Crippen molar-refractivity contribution in [1.29, 1.82) is 0 Å². The van der Waals surface area contributed by atoms with Crippen LogP contribution in [-0.2, 0) is 11.2 Å². The smallest absolute Gasteiger partial charge is 0.248 e. The van der Waals surface area contributed by atoms with Crippen LogP contribution >= 0.6 is 0 Å². The fourth-order valence-electron chi connectivity index (χ4n) is 1.86. The third-order valence-electron chi connectivity index (χ3n) is 2.84. The van der Waals surface area contributed by atoms with Gasteiger partial charge in [0.05, 0.1) is 12.1 Å². The molecule has 0 aliphatic rings. The van der Waals surface area contributed by atoms with Crippen LogP contribution in [0.15, 0.2) is 42.5 Å². The van der Waals surface area contributed by atoms with Gasteiger partial charge in [-0.1, -0.05) is 12.1 Å². The maximum Gasteiger partial charge on any atom is 0.248 e. The highest BCUT2D eigenvalue weighted by Crippen LogP contribution is 2.17. The number of hydrogen-bond donors (Lipinski definition) is 3. The number of carbonyl (C=O) groups excluding carboxylic acids is 2. The Morgan fingerprint density at radius 3 is 2.57 bits per heavy atom. The van der Waals surface area contributed by atoms with E-state index >= 15 is 0 Å². The molecule has 0 unspecified atom stereocenters. The minimum absolute atomic E-state index is 0.0469. The first-order valence-electron chi connectivity index (χ1n) is 6.19. The number of carbonyl (C=O) groups is 2. The fourth-order valence-corrected chi connectivity index (χ4v) is 1.86. The molecule has 0 aliphatic carbocycles. The van der Waals surface area contributed by atoms with E-state index in [4.69, 9.17) is 11.5 Å². The van der Waals surface area contributed by atoms with E-state index in [-0.39, 0.29) is 17.7 Å². The highest BCUT2D eigenvalue weighted by Gasteiger charge is 2.11. The molecule has 5 nitrogen and oxygen atoms in total. The molecule has 5 N–H and O–H groups in total. The standard InChI is InChI=1S/C15H14FN3O2/c16-12-5-4-10(15(18)21)8-13(12)19-14(20)7-9-2-1-3-11(17)6-9/h1-6,8H,7,17H2,(H2,18,21)(H,19,20). The van der Waals surface area contributed by atoms with Gasteiger partial charge in [0.1, 0.15) is 5.82 Å². The van der Waals surface area contributed by atoms with Crippen molar-refractivity contribution in [1.82, 2.24) is 0 Å². The molecular weight excluding hydrogens is 273 g/mol. The van der Waals surface area contributed by atoms with E-state index in [2.05, 4.69) is 5.32 Å². The molecule has 0 saturated heterocycles. The normalized spacial score (nSPS) is 10.1. The van der Waals surface area contributed by atoms with Gasteiger partial charge < -0.3 is 16.8 Å². The summed E-state index contributed by atoms with van der Waals surface area (Å²) >= 11 is 0. The second-order valence-corrected chi connectivity index (χ2v) is 4.53. The van der Waals surface area contributed by atoms with Gasteiger partial charge >= 0.3 is 0 Å². The van der Waals surface area contributed by atoms with Crippen LogP contribution in [0.2, 0.25) is 0 Å². The average molecular weight is 287 g/mol. The molecule has 0 aliphatic heterocycles. The monoisotopic (exact) mass is 287 g/mol. The zero-order valence-corrected chi connectivity index (χ0v) is 11.1. The van der Waals surface area contributed by atoms with Crippen molar-refractivity contribution < 1.29 is 14.0 Å². The highest BCUT2D eigenvalue weighted by molar-refractivity contribution is 5.96. The Hall–Kier alpha value is -2.89. The summed E-state index contributed by atoms with van der Waals surface area (Å²) < 4.78 is 13.6. The van der Waals surface area contributed by atoms with Crippen molar-refractivity contribution in [3.63, 3.8) is 0 Å². The number of rotatable bonds is 4. The molecule has 0 atom stereocenters. The van der Waals surface area contributed by atoms with E-state index in [0.29, 0.717) is 11.3 Å². The van der Waals surface area contributed by atoms with Gasteiger partial charge in [-0.2, -0.15) is 0 Å². The highest BCUT2D eigenvalue weighted by atomic mass is 19.1. The average Bonchev–Trinajstić information content (AvgIpc) is 2.41. The minimum Gasteiger partial charge on any atom is -0.399 e. The minimum atomic E-state index is -0.693. The molecule has 2 aromatic carbocycles. The summed E-state index contributed by atoms with van der Waals surface area (Å²) in [4.78, 5) is 22.9. The van der Waals surface area contributed by atoms with Gasteiger partial charge in [0.2, 0.25) is 11.8 Å². The molecule has 2 rings (SSSR count). The lowest BCUT2D eigenvalue weighted by Crippen LogP contribution is -2.17. The fraction of sp³-hybridized carbons (Fsp3) is 0.0667. The third-order valence-corrected chi connectivity index (χ3v) is 2.84. The number of halogens is 1.